The molecule has 0 aliphatic heterocycles. The zero-order valence-corrected chi connectivity index (χ0v) is 7.89. The van der Waals surface area contributed by atoms with E-state index in [-0.39, 0.29) is 31.7 Å². The van der Waals surface area contributed by atoms with E-state index in [0.717, 1.165) is 0 Å². The van der Waals surface area contributed by atoms with Crippen molar-refractivity contribution in [2.24, 2.45) is 0 Å². The van der Waals surface area contributed by atoms with Gasteiger partial charge in [0.15, 0.2) is 0 Å². The van der Waals surface area contributed by atoms with E-state index < -0.39 is 11.9 Å². The largest absolute Gasteiger partial charge is 0.481 e. The lowest BCUT2D eigenvalue weighted by Gasteiger charge is -1.86. The van der Waals surface area contributed by atoms with Gasteiger partial charge in [0, 0.05) is 6.42 Å². The lowest BCUT2D eigenvalue weighted by atomic mass is 10.2. The Hall–Kier alpha value is -1.43. The summed E-state index contributed by atoms with van der Waals surface area (Å²) in [6.07, 6.45) is -0.0509. The molecule has 6 nitrogen and oxygen atoms in total. The Labute approximate surface area is 81.2 Å². The van der Waals surface area contributed by atoms with Crippen LogP contribution >= 0.6 is 0 Å². The summed E-state index contributed by atoms with van der Waals surface area (Å²) in [6, 6.07) is 0. The number of carbonyl (C=O) groups is 3. The number of aliphatic carboxylic acids is 2. The Morgan fingerprint density at radius 2 is 1.36 bits per heavy atom. The van der Waals surface area contributed by atoms with Gasteiger partial charge in [-0.15, -0.1) is 0 Å². The van der Waals surface area contributed by atoms with E-state index in [1.54, 1.807) is 0 Å². The zero-order chi connectivity index (χ0) is 11.6. The van der Waals surface area contributed by atoms with Crippen molar-refractivity contribution in [1.29, 1.82) is 0 Å². The van der Waals surface area contributed by atoms with Crippen LogP contribution in [0.3, 0.4) is 0 Å². The van der Waals surface area contributed by atoms with E-state index in [1.165, 1.54) is 6.92 Å². The van der Waals surface area contributed by atoms with Gasteiger partial charge < -0.3 is 20.1 Å². The summed E-state index contributed by atoms with van der Waals surface area (Å²) < 4.78 is 0. The summed E-state index contributed by atoms with van der Waals surface area (Å²) >= 11 is 0. The number of aliphatic hydroxyl groups excluding tert-OH is 1. The summed E-state index contributed by atoms with van der Waals surface area (Å²) in [4.78, 5) is 29.3. The van der Waals surface area contributed by atoms with Crippen LogP contribution in [0.4, 0.5) is 0 Å². The number of hydrogen-bond donors (Lipinski definition) is 3. The number of aliphatic hydroxyl groups is 1. The highest BCUT2D eigenvalue weighted by molar-refractivity contribution is 5.80. The molecule has 0 unspecified atom stereocenters. The van der Waals surface area contributed by atoms with E-state index in [4.69, 9.17) is 15.3 Å². The molecule has 0 aromatic carbocycles. The van der Waals surface area contributed by atoms with Crippen molar-refractivity contribution in [2.75, 3.05) is 6.61 Å². The van der Waals surface area contributed by atoms with E-state index in [9.17, 15) is 14.4 Å². The highest BCUT2D eigenvalue weighted by atomic mass is 16.4. The van der Waals surface area contributed by atoms with Gasteiger partial charge in [-0.1, -0.05) is 0 Å². The molecule has 82 valence electrons. The van der Waals surface area contributed by atoms with Crippen molar-refractivity contribution in [1.82, 2.24) is 0 Å². The van der Waals surface area contributed by atoms with Crippen LogP contribution in [0.2, 0.25) is 0 Å². The summed E-state index contributed by atoms with van der Waals surface area (Å²) in [5.41, 5.74) is 0. The number of hydrogen-bond acceptors (Lipinski definition) is 4. The van der Waals surface area contributed by atoms with Gasteiger partial charge in [-0.05, 0) is 6.92 Å². The zero-order valence-electron chi connectivity index (χ0n) is 7.89. The molecule has 3 N–H and O–H groups in total. The third-order valence-corrected chi connectivity index (χ3v) is 1.02. The number of ketones is 1. The van der Waals surface area contributed by atoms with E-state index in [0.29, 0.717) is 0 Å². The first-order chi connectivity index (χ1) is 6.40. The molecule has 0 heterocycles. The fourth-order valence-corrected chi connectivity index (χ4v) is 0.379. The van der Waals surface area contributed by atoms with Gasteiger partial charge in [0.25, 0.3) is 0 Å². The van der Waals surface area contributed by atoms with Crippen LogP contribution in [0.5, 0.6) is 0 Å². The third kappa shape index (κ3) is 22.4. The molecule has 0 aromatic heterocycles. The molecule has 0 amide bonds. The van der Waals surface area contributed by atoms with Crippen LogP contribution in [0, 0.1) is 0 Å². The summed E-state index contributed by atoms with van der Waals surface area (Å²) in [5, 5.41) is 23.6. The topological polar surface area (TPSA) is 112 Å². The average Bonchev–Trinajstić information content (AvgIpc) is 2.01. The molecule has 0 aromatic rings. The minimum absolute atomic E-state index is 0.0463. The van der Waals surface area contributed by atoms with Gasteiger partial charge in [-0.2, -0.15) is 0 Å². The van der Waals surface area contributed by atoms with Crippen molar-refractivity contribution in [2.45, 2.75) is 26.2 Å². The maximum Gasteiger partial charge on any atom is 0.305 e. The lowest BCUT2D eigenvalue weighted by Crippen LogP contribution is -1.98. The number of Topliss-reactive ketones (excluding diaryl/α,β-unsaturated/α-hetero) is 1. The Morgan fingerprint density at radius 3 is 1.43 bits per heavy atom. The first-order valence-electron chi connectivity index (χ1n) is 3.94. The minimum Gasteiger partial charge on any atom is -0.481 e. The van der Waals surface area contributed by atoms with Crippen molar-refractivity contribution in [3.05, 3.63) is 0 Å². The van der Waals surface area contributed by atoms with Crippen molar-refractivity contribution in [3.63, 3.8) is 0 Å². The fraction of sp³-hybridized carbons (Fsp3) is 0.625. The highest BCUT2D eigenvalue weighted by Crippen LogP contribution is 1.87. The maximum atomic E-state index is 10.1. The van der Waals surface area contributed by atoms with Gasteiger partial charge in [-0.3, -0.25) is 9.59 Å². The first kappa shape index (κ1) is 15.1. The van der Waals surface area contributed by atoms with Gasteiger partial charge >= 0.3 is 11.9 Å². The predicted molar refractivity (Wildman–Crippen MR) is 46.9 cm³/mol. The molecule has 0 bridgehead atoms. The molecule has 0 aliphatic carbocycles. The second-order valence-corrected chi connectivity index (χ2v) is 2.46. The normalized spacial score (nSPS) is 8.43. The van der Waals surface area contributed by atoms with Crippen LogP contribution in [-0.4, -0.2) is 39.6 Å². The third-order valence-electron chi connectivity index (χ3n) is 1.02. The van der Waals surface area contributed by atoms with E-state index in [2.05, 4.69) is 0 Å². The molecular weight excluding hydrogens is 192 g/mol. The molecule has 0 rings (SSSR count). The molecule has 0 radical (unpaired) electrons. The van der Waals surface area contributed by atoms with Gasteiger partial charge in [-0.25, -0.2) is 0 Å². The van der Waals surface area contributed by atoms with Crippen LogP contribution in [0.25, 0.3) is 0 Å². The molecule has 14 heavy (non-hydrogen) atoms. The molecular formula is C8H14O6. The fourth-order valence-electron chi connectivity index (χ4n) is 0.379. The smallest absolute Gasteiger partial charge is 0.305 e. The highest BCUT2D eigenvalue weighted by Gasteiger charge is 1.97. The number of carboxylic acids is 2. The predicted octanol–water partition coefficient (Wildman–Crippen LogP) is -0.106. The minimum atomic E-state index is -0.961. The number of rotatable bonds is 5. The molecule has 0 aliphatic rings. The molecule has 0 spiro atoms. The standard InChI is InChI=1S/C5H8O3.C3H6O3/c1-4(6)2-3-5(7)8;4-2-1-3(5)6/h2-3H2,1H3,(H,7,8);4H,1-2H2,(H,5,6). The summed E-state index contributed by atoms with van der Waals surface area (Å²) in [6.45, 7) is 1.11. The SMILES string of the molecule is CC(=O)CCC(=O)O.O=C(O)CCO. The summed E-state index contributed by atoms with van der Waals surface area (Å²) in [5.74, 6) is -1.95. The molecule has 0 saturated carbocycles. The quantitative estimate of drug-likeness (QED) is 0.578. The Bertz CT molecular complexity index is 184. The van der Waals surface area contributed by atoms with E-state index in [1.807, 2.05) is 0 Å². The number of carbonyl (C=O) groups excluding carboxylic acids is 1. The van der Waals surface area contributed by atoms with Crippen molar-refractivity contribution >= 4 is 17.7 Å². The van der Waals surface area contributed by atoms with Crippen molar-refractivity contribution in [3.8, 4) is 0 Å². The molecule has 0 fully saturated rings. The second kappa shape index (κ2) is 9.66. The van der Waals surface area contributed by atoms with Crippen molar-refractivity contribution < 1.29 is 29.7 Å². The molecule has 0 saturated heterocycles. The van der Waals surface area contributed by atoms with Gasteiger partial charge in [0.05, 0.1) is 19.4 Å². The second-order valence-electron chi connectivity index (χ2n) is 2.46. The first-order valence-corrected chi connectivity index (χ1v) is 3.94. The Balaban J connectivity index is 0. The van der Waals surface area contributed by atoms with Crippen LogP contribution in [-0.2, 0) is 14.4 Å². The van der Waals surface area contributed by atoms with Gasteiger partial charge in [0.1, 0.15) is 5.78 Å². The lowest BCUT2D eigenvalue weighted by molar-refractivity contribution is -0.138. The Kier molecular flexibility index (Phi) is 10.4. The molecule has 6 heteroatoms. The maximum absolute atomic E-state index is 10.1. The van der Waals surface area contributed by atoms with Crippen LogP contribution in [0.15, 0.2) is 0 Å². The number of carboxylic acid groups (broad SMARTS) is 2. The van der Waals surface area contributed by atoms with Crippen LogP contribution < -0.4 is 0 Å². The Morgan fingerprint density at radius 1 is 0.929 bits per heavy atom. The molecule has 0 atom stereocenters. The van der Waals surface area contributed by atoms with E-state index >= 15 is 0 Å². The van der Waals surface area contributed by atoms with Gasteiger partial charge in [0.2, 0.25) is 0 Å². The average molecular weight is 206 g/mol. The summed E-state index contributed by atoms with van der Waals surface area (Å²) in [7, 11) is 0. The van der Waals surface area contributed by atoms with Crippen LogP contribution in [0.1, 0.15) is 26.2 Å². The monoisotopic (exact) mass is 206 g/mol.